The van der Waals surface area contributed by atoms with Crippen LogP contribution in [-0.4, -0.2) is 9.13 Å². The molecule has 0 radical (unpaired) electrons. The average Bonchev–Trinajstić information content (AvgIpc) is 3.92. The predicted octanol–water partition coefficient (Wildman–Crippen LogP) is 19.7. The summed E-state index contributed by atoms with van der Waals surface area (Å²) in [6.45, 7) is 9.48. The molecule has 4 heterocycles. The highest BCUT2D eigenvalue weighted by molar-refractivity contribution is 7.27. The highest BCUT2D eigenvalue weighted by atomic mass is 32.1. The van der Waals surface area contributed by atoms with Gasteiger partial charge in [0.15, 0.2) is 0 Å². The van der Waals surface area contributed by atoms with Gasteiger partial charge in [0.2, 0.25) is 5.69 Å². The van der Waals surface area contributed by atoms with Crippen LogP contribution in [0.25, 0.3) is 145 Å². The number of hydrogen-bond donors (Lipinski definition) is 0. The van der Waals surface area contributed by atoms with Gasteiger partial charge >= 0.3 is 0 Å². The van der Waals surface area contributed by atoms with Crippen molar-refractivity contribution in [3.63, 3.8) is 0 Å². The van der Waals surface area contributed by atoms with Crippen LogP contribution in [0.15, 0.2) is 230 Å². The minimum Gasteiger partial charge on any atom is -0.318 e. The van der Waals surface area contributed by atoms with Gasteiger partial charge in [-0.15, -0.1) is 22.7 Å². The van der Waals surface area contributed by atoms with E-state index in [-0.39, 0.29) is 23.2 Å². The van der Waals surface area contributed by atoms with Crippen molar-refractivity contribution in [1.82, 2.24) is 9.13 Å². The Morgan fingerprint density at radius 3 is 1.68 bits per heavy atom. The highest BCUT2D eigenvalue weighted by Gasteiger charge is 2.34. The Balaban J connectivity index is 1.27. The number of para-hydroxylation sites is 1. The van der Waals surface area contributed by atoms with E-state index in [4.69, 9.17) is 4.11 Å². The number of thiophene rings is 2. The molecule has 15 rings (SSSR count). The lowest BCUT2D eigenvalue weighted by atomic mass is 9.88. The van der Waals surface area contributed by atoms with Crippen molar-refractivity contribution < 1.29 is 6.85 Å². The summed E-state index contributed by atoms with van der Waals surface area (Å²) in [5.41, 5.74) is 10.2. The first-order valence-corrected chi connectivity index (χ1v) is 25.9. The van der Waals surface area contributed by atoms with E-state index in [9.17, 15) is 14.6 Å². The van der Waals surface area contributed by atoms with E-state index in [1.165, 1.54) is 0 Å². The van der Waals surface area contributed by atoms with Crippen LogP contribution in [-0.2, 0) is 0 Å². The van der Waals surface area contributed by atoms with E-state index in [1.54, 1.807) is 22.7 Å². The summed E-state index contributed by atoms with van der Waals surface area (Å²) >= 11 is 3.28. The van der Waals surface area contributed by atoms with E-state index < -0.39 is 18.1 Å². The molecule has 0 fully saturated rings. The zero-order valence-corrected chi connectivity index (χ0v) is 40.8. The Labute approximate surface area is 440 Å². The van der Waals surface area contributed by atoms with E-state index in [2.05, 4.69) is 111 Å². The molecular formula is C68H38N4S2. The van der Waals surface area contributed by atoms with Gasteiger partial charge in [0, 0.05) is 63.6 Å². The van der Waals surface area contributed by atoms with Crippen molar-refractivity contribution in [3.05, 3.63) is 247 Å². The minimum absolute atomic E-state index is 0.0842. The van der Waals surface area contributed by atoms with Gasteiger partial charge < -0.3 is 9.13 Å². The Morgan fingerprint density at radius 2 is 1.00 bits per heavy atom. The lowest BCUT2D eigenvalue weighted by Gasteiger charge is -2.26. The first-order valence-electron chi connectivity index (χ1n) is 26.8. The SMILES string of the molecule is [2H]c1c([2H])c([2H])c(-c2cc3c4ccccc4sc3c3c2c2ccc4c5ccccc5sc4c2n3-c2c(C#N)c(-c3ccccc3)c([N+]#[C-])c(-n3c4ccccc4c4ccc(-c5ccccc5)cc43)c2-c2ccccc2)c([2H])c1[2H]. The molecule has 0 saturated heterocycles. The molecule has 342 valence electrons. The Bertz CT molecular complexity index is 5190. The number of rotatable bonds is 6. The molecule has 0 saturated carbocycles. The first-order chi connectivity index (χ1) is 38.7. The normalized spacial score (nSPS) is 12.7. The monoisotopic (exact) mass is 979 g/mol. The third-order valence-corrected chi connectivity index (χ3v) is 17.0. The number of fused-ring (bicyclic) bond motifs is 14. The van der Waals surface area contributed by atoms with E-state index in [0.717, 1.165) is 89.7 Å². The smallest absolute Gasteiger partial charge is 0.220 e. The van der Waals surface area contributed by atoms with Gasteiger partial charge in [0.25, 0.3) is 0 Å². The van der Waals surface area contributed by atoms with Crippen molar-refractivity contribution >= 4 is 112 Å². The summed E-state index contributed by atoms with van der Waals surface area (Å²) in [6, 6.07) is 68.5. The summed E-state index contributed by atoms with van der Waals surface area (Å²) in [5.74, 6) is 0. The Hall–Kier alpha value is -9.56. The molecular weight excluding hydrogens is 937 g/mol. The molecule has 0 amide bonds. The van der Waals surface area contributed by atoms with E-state index in [1.807, 2.05) is 109 Å². The van der Waals surface area contributed by atoms with Crippen molar-refractivity contribution in [2.24, 2.45) is 0 Å². The second-order valence-corrected chi connectivity index (χ2v) is 20.6. The minimum atomic E-state index is -0.473. The molecule has 0 spiro atoms. The summed E-state index contributed by atoms with van der Waals surface area (Å²) in [5, 5.41) is 19.7. The van der Waals surface area contributed by atoms with Gasteiger partial charge in [-0.1, -0.05) is 200 Å². The Morgan fingerprint density at radius 1 is 0.446 bits per heavy atom. The molecule has 4 nitrogen and oxygen atoms in total. The fourth-order valence-corrected chi connectivity index (χ4v) is 14.1. The molecule has 0 aliphatic heterocycles. The van der Waals surface area contributed by atoms with Crippen molar-refractivity contribution in [2.75, 3.05) is 0 Å². The van der Waals surface area contributed by atoms with Gasteiger partial charge in [-0.05, 0) is 63.7 Å². The number of aromatic nitrogens is 2. The quantitative estimate of drug-likeness (QED) is 0.153. The topological polar surface area (TPSA) is 38.0 Å². The van der Waals surface area contributed by atoms with E-state index in [0.29, 0.717) is 50.2 Å². The maximum atomic E-state index is 12.4. The summed E-state index contributed by atoms with van der Waals surface area (Å²) in [7, 11) is 0. The van der Waals surface area contributed by atoms with Gasteiger partial charge in [0.1, 0.15) is 6.07 Å². The zero-order chi connectivity index (χ0) is 53.4. The standard InChI is InChI=1S/C68H38N4S2/c1-70-62-59(43-24-10-4-11-25-43)54(40-69)63(60(44-26-12-5-13-27-44)65(62)71-55-31-17-14-28-46(55)47-35-34-45(38-56(47)71)41-20-6-2-7-21-41)72-64-51(37-36-50-48-29-15-18-32-57(48)73-67(50)64)61-52(42-22-8-3-9-23-42)39-53-49-30-16-19-33-58(49)74-68(53)66(61)72/h2-39H/i3D,8D,9D,22D,23D. The highest BCUT2D eigenvalue weighted by Crippen LogP contribution is 2.56. The number of nitrogens with zero attached hydrogens (tertiary/aromatic N) is 4. The Kier molecular flexibility index (Phi) is 8.31. The fourth-order valence-electron chi connectivity index (χ4n) is 11.6. The van der Waals surface area contributed by atoms with Gasteiger partial charge in [-0.3, -0.25) is 0 Å². The van der Waals surface area contributed by atoms with Crippen LogP contribution in [0.1, 0.15) is 12.4 Å². The maximum absolute atomic E-state index is 12.4. The number of nitriles is 1. The largest absolute Gasteiger partial charge is 0.318 e. The average molecular weight is 980 g/mol. The molecule has 0 bridgehead atoms. The van der Waals surface area contributed by atoms with E-state index >= 15 is 0 Å². The summed E-state index contributed by atoms with van der Waals surface area (Å²) < 4.78 is 54.4. The lowest BCUT2D eigenvalue weighted by Crippen LogP contribution is -2.09. The third-order valence-electron chi connectivity index (χ3n) is 14.6. The third kappa shape index (κ3) is 6.05. The molecule has 0 aliphatic rings. The first kappa shape index (κ1) is 37.3. The molecule has 0 atom stereocenters. The van der Waals surface area contributed by atoms with Crippen LogP contribution in [0.3, 0.4) is 0 Å². The van der Waals surface area contributed by atoms with Crippen LogP contribution in [0.2, 0.25) is 0 Å². The second kappa shape index (κ2) is 16.5. The van der Waals surface area contributed by atoms with Crippen molar-refractivity contribution in [1.29, 1.82) is 5.26 Å². The summed E-state index contributed by atoms with van der Waals surface area (Å²) in [4.78, 5) is 4.57. The van der Waals surface area contributed by atoms with Crippen molar-refractivity contribution in [2.45, 2.75) is 0 Å². The van der Waals surface area contributed by atoms with Gasteiger partial charge in [-0.2, -0.15) is 5.26 Å². The molecule has 6 heteroatoms. The summed E-state index contributed by atoms with van der Waals surface area (Å²) in [6.07, 6.45) is 0. The molecule has 0 N–H and O–H groups in total. The van der Waals surface area contributed by atoms with Gasteiger partial charge in [-0.25, -0.2) is 4.85 Å². The van der Waals surface area contributed by atoms with Crippen LogP contribution in [0.4, 0.5) is 5.69 Å². The number of benzene rings is 11. The van der Waals surface area contributed by atoms with Crippen LogP contribution in [0.5, 0.6) is 0 Å². The van der Waals surface area contributed by atoms with Gasteiger partial charge in [0.05, 0.1) is 61.8 Å². The van der Waals surface area contributed by atoms with Crippen molar-refractivity contribution in [3.8, 4) is 62.0 Å². The fraction of sp³-hybridized carbons (Fsp3) is 0. The van der Waals surface area contributed by atoms with Crippen LogP contribution in [0, 0.1) is 17.9 Å². The molecule has 74 heavy (non-hydrogen) atoms. The molecule has 15 aromatic rings. The molecule has 0 unspecified atom stereocenters. The maximum Gasteiger partial charge on any atom is 0.220 e. The zero-order valence-electron chi connectivity index (χ0n) is 44.2. The molecule has 4 aromatic heterocycles. The number of hydrogen-bond acceptors (Lipinski definition) is 3. The lowest BCUT2D eigenvalue weighted by molar-refractivity contribution is 1.14. The van der Waals surface area contributed by atoms with Crippen LogP contribution < -0.4 is 0 Å². The molecule has 11 aromatic carbocycles. The molecule has 0 aliphatic carbocycles. The predicted molar refractivity (Wildman–Crippen MR) is 314 cm³/mol. The van der Waals surface area contributed by atoms with Crippen LogP contribution >= 0.6 is 22.7 Å². The second-order valence-electron chi connectivity index (χ2n) is 18.5.